The van der Waals surface area contributed by atoms with Crippen molar-refractivity contribution in [1.29, 1.82) is 0 Å². The van der Waals surface area contributed by atoms with Crippen molar-refractivity contribution in [1.82, 2.24) is 4.90 Å². The maximum Gasteiger partial charge on any atom is 0.254 e. The predicted octanol–water partition coefficient (Wildman–Crippen LogP) is 4.36. The minimum Gasteiger partial charge on any atom is -0.376 e. The number of nitrogens with one attached hydrogen (secondary N) is 2. The summed E-state index contributed by atoms with van der Waals surface area (Å²) in [6.07, 6.45) is 0. The number of hydrogen-bond donors (Lipinski definition) is 2. The summed E-state index contributed by atoms with van der Waals surface area (Å²) in [5, 5.41) is 6.08. The zero-order chi connectivity index (χ0) is 20.8. The van der Waals surface area contributed by atoms with E-state index in [2.05, 4.69) is 24.5 Å². The van der Waals surface area contributed by atoms with Crippen molar-refractivity contribution in [2.75, 3.05) is 41.8 Å². The Labute approximate surface area is 177 Å². The fourth-order valence-corrected chi connectivity index (χ4v) is 4.23. The molecule has 0 radical (unpaired) electrons. The topological polar surface area (TPSA) is 61.4 Å². The van der Waals surface area contributed by atoms with Gasteiger partial charge in [-0.25, -0.2) is 0 Å². The van der Waals surface area contributed by atoms with E-state index in [0.717, 1.165) is 41.5 Å². The standard InChI is InChI=1S/C23H29N3O2S/c1-16(2)18-7-9-19(10-8-18)25-22(27)15-24-21-6-4-5-20(17(21)3)23(28)26-11-13-29-14-12-26/h4-10,16,24H,11-15H2,1-3H3,(H,25,27). The van der Waals surface area contributed by atoms with Crippen LogP contribution in [0.4, 0.5) is 11.4 Å². The number of nitrogens with zero attached hydrogens (tertiary/aromatic N) is 1. The quantitative estimate of drug-likeness (QED) is 0.742. The van der Waals surface area contributed by atoms with Crippen LogP contribution in [0.25, 0.3) is 0 Å². The minimum absolute atomic E-state index is 0.0705. The zero-order valence-electron chi connectivity index (χ0n) is 17.3. The molecule has 0 unspecified atom stereocenters. The van der Waals surface area contributed by atoms with Crippen LogP contribution in [-0.2, 0) is 4.79 Å². The highest BCUT2D eigenvalue weighted by Gasteiger charge is 2.20. The summed E-state index contributed by atoms with van der Waals surface area (Å²) in [7, 11) is 0. The van der Waals surface area contributed by atoms with Crippen molar-refractivity contribution in [3.63, 3.8) is 0 Å². The Hall–Kier alpha value is -2.47. The molecule has 0 aromatic heterocycles. The average Bonchev–Trinajstić information content (AvgIpc) is 2.73. The van der Waals surface area contributed by atoms with Crippen molar-refractivity contribution < 1.29 is 9.59 Å². The zero-order valence-corrected chi connectivity index (χ0v) is 18.1. The molecule has 2 amide bonds. The van der Waals surface area contributed by atoms with Gasteiger partial charge in [-0.2, -0.15) is 11.8 Å². The first kappa shape index (κ1) is 21.2. The molecule has 2 N–H and O–H groups in total. The first-order chi connectivity index (χ1) is 14.0. The van der Waals surface area contributed by atoms with Crippen LogP contribution in [0, 0.1) is 6.92 Å². The third-order valence-electron chi connectivity index (χ3n) is 5.16. The van der Waals surface area contributed by atoms with E-state index in [-0.39, 0.29) is 18.4 Å². The van der Waals surface area contributed by atoms with Gasteiger partial charge in [-0.15, -0.1) is 0 Å². The van der Waals surface area contributed by atoms with Crippen LogP contribution in [0.5, 0.6) is 0 Å². The van der Waals surface area contributed by atoms with Gasteiger partial charge >= 0.3 is 0 Å². The molecule has 154 valence electrons. The summed E-state index contributed by atoms with van der Waals surface area (Å²) in [6.45, 7) is 7.94. The van der Waals surface area contributed by atoms with Gasteiger partial charge in [0, 0.05) is 41.5 Å². The summed E-state index contributed by atoms with van der Waals surface area (Å²) < 4.78 is 0. The lowest BCUT2D eigenvalue weighted by atomic mass is 10.0. The van der Waals surface area contributed by atoms with Crippen LogP contribution in [-0.4, -0.2) is 47.9 Å². The molecule has 1 heterocycles. The number of thioether (sulfide) groups is 1. The van der Waals surface area contributed by atoms with Gasteiger partial charge in [0.2, 0.25) is 5.91 Å². The fraction of sp³-hybridized carbons (Fsp3) is 0.391. The SMILES string of the molecule is Cc1c(NCC(=O)Nc2ccc(C(C)C)cc2)cccc1C(=O)N1CCSCC1. The highest BCUT2D eigenvalue weighted by Crippen LogP contribution is 2.22. The molecule has 3 rings (SSSR count). The molecule has 6 heteroatoms. The Kier molecular flexibility index (Phi) is 7.20. The van der Waals surface area contributed by atoms with E-state index in [1.807, 2.05) is 66.1 Å². The van der Waals surface area contributed by atoms with Crippen molar-refractivity contribution in [3.8, 4) is 0 Å². The van der Waals surface area contributed by atoms with Crippen LogP contribution >= 0.6 is 11.8 Å². The number of hydrogen-bond acceptors (Lipinski definition) is 4. The molecule has 1 saturated heterocycles. The highest BCUT2D eigenvalue weighted by molar-refractivity contribution is 7.99. The molecule has 1 aliphatic heterocycles. The van der Waals surface area contributed by atoms with Gasteiger partial charge in [0.25, 0.3) is 5.91 Å². The Morgan fingerprint density at radius 1 is 1.07 bits per heavy atom. The lowest BCUT2D eigenvalue weighted by Gasteiger charge is -2.27. The lowest BCUT2D eigenvalue weighted by molar-refractivity contribution is -0.114. The number of carbonyl (C=O) groups excluding carboxylic acids is 2. The molecule has 0 spiro atoms. The van der Waals surface area contributed by atoms with E-state index < -0.39 is 0 Å². The molecule has 2 aromatic rings. The van der Waals surface area contributed by atoms with Gasteiger partial charge in [0.05, 0.1) is 6.54 Å². The Bertz CT molecular complexity index is 859. The summed E-state index contributed by atoms with van der Waals surface area (Å²) in [6, 6.07) is 13.6. The summed E-state index contributed by atoms with van der Waals surface area (Å²) in [5.74, 6) is 2.39. The van der Waals surface area contributed by atoms with Crippen molar-refractivity contribution >= 4 is 35.0 Å². The second kappa shape index (κ2) is 9.83. The van der Waals surface area contributed by atoms with E-state index in [1.165, 1.54) is 5.56 Å². The monoisotopic (exact) mass is 411 g/mol. The molecule has 0 aliphatic carbocycles. The van der Waals surface area contributed by atoms with Crippen LogP contribution in [0.2, 0.25) is 0 Å². The van der Waals surface area contributed by atoms with E-state index in [4.69, 9.17) is 0 Å². The van der Waals surface area contributed by atoms with E-state index in [1.54, 1.807) is 0 Å². The fourth-order valence-electron chi connectivity index (χ4n) is 3.33. The molecule has 0 saturated carbocycles. The third-order valence-corrected chi connectivity index (χ3v) is 6.11. The molecule has 0 bridgehead atoms. The average molecular weight is 412 g/mol. The first-order valence-corrected chi connectivity index (χ1v) is 11.2. The number of rotatable bonds is 6. The Morgan fingerprint density at radius 3 is 2.41 bits per heavy atom. The van der Waals surface area contributed by atoms with Crippen LogP contribution in [0.3, 0.4) is 0 Å². The van der Waals surface area contributed by atoms with Gasteiger partial charge in [-0.3, -0.25) is 9.59 Å². The highest BCUT2D eigenvalue weighted by atomic mass is 32.2. The van der Waals surface area contributed by atoms with Crippen LogP contribution in [0.1, 0.15) is 41.3 Å². The number of carbonyl (C=O) groups is 2. The second-order valence-corrected chi connectivity index (χ2v) is 8.79. The maximum atomic E-state index is 12.8. The van der Waals surface area contributed by atoms with Crippen LogP contribution in [0.15, 0.2) is 42.5 Å². The smallest absolute Gasteiger partial charge is 0.254 e. The molecule has 5 nitrogen and oxygen atoms in total. The summed E-state index contributed by atoms with van der Waals surface area (Å²) >= 11 is 1.88. The van der Waals surface area contributed by atoms with Crippen LogP contribution < -0.4 is 10.6 Å². The van der Waals surface area contributed by atoms with Crippen molar-refractivity contribution in [2.24, 2.45) is 0 Å². The molecule has 2 aromatic carbocycles. The number of amides is 2. The second-order valence-electron chi connectivity index (χ2n) is 7.56. The Morgan fingerprint density at radius 2 is 1.76 bits per heavy atom. The Balaban J connectivity index is 1.60. The summed E-state index contributed by atoms with van der Waals surface area (Å²) in [5.41, 5.74) is 4.42. The van der Waals surface area contributed by atoms with Gasteiger partial charge in [-0.1, -0.05) is 32.0 Å². The van der Waals surface area contributed by atoms with Crippen molar-refractivity contribution in [3.05, 3.63) is 59.2 Å². The lowest BCUT2D eigenvalue weighted by Crippen LogP contribution is -2.38. The van der Waals surface area contributed by atoms with Gasteiger partial charge < -0.3 is 15.5 Å². The van der Waals surface area contributed by atoms with Gasteiger partial charge in [0.15, 0.2) is 0 Å². The molecule has 1 aliphatic rings. The van der Waals surface area contributed by atoms with E-state index >= 15 is 0 Å². The summed E-state index contributed by atoms with van der Waals surface area (Å²) in [4.78, 5) is 27.1. The predicted molar refractivity (Wildman–Crippen MR) is 122 cm³/mol. The van der Waals surface area contributed by atoms with Gasteiger partial charge in [0.1, 0.15) is 0 Å². The van der Waals surface area contributed by atoms with Crippen molar-refractivity contribution in [2.45, 2.75) is 26.7 Å². The molecule has 0 atom stereocenters. The first-order valence-electron chi connectivity index (χ1n) is 10.1. The largest absolute Gasteiger partial charge is 0.376 e. The van der Waals surface area contributed by atoms with E-state index in [9.17, 15) is 9.59 Å². The molecular formula is C23H29N3O2S. The minimum atomic E-state index is -0.119. The van der Waals surface area contributed by atoms with Gasteiger partial charge in [-0.05, 0) is 48.2 Å². The number of benzene rings is 2. The maximum absolute atomic E-state index is 12.8. The normalized spacial score (nSPS) is 14.0. The molecular weight excluding hydrogens is 382 g/mol. The molecule has 29 heavy (non-hydrogen) atoms. The third kappa shape index (κ3) is 5.54. The number of anilines is 2. The molecule has 1 fully saturated rings. The van der Waals surface area contributed by atoms with E-state index in [0.29, 0.717) is 11.5 Å².